The third kappa shape index (κ3) is 1.43. The molecule has 0 bridgehead atoms. The summed E-state index contributed by atoms with van der Waals surface area (Å²) in [6, 6.07) is 8.32. The van der Waals surface area contributed by atoms with Gasteiger partial charge >= 0.3 is 0 Å². The van der Waals surface area contributed by atoms with E-state index in [-0.39, 0.29) is 0 Å². The predicted octanol–water partition coefficient (Wildman–Crippen LogP) is 3.00. The maximum absolute atomic E-state index is 4.49. The largest absolute Gasteiger partial charge is 0.346 e. The first-order chi connectivity index (χ1) is 6.68. The number of aryl methyl sites for hydroxylation is 3. The maximum atomic E-state index is 4.49. The van der Waals surface area contributed by atoms with Crippen LogP contribution in [0.5, 0.6) is 0 Å². The molecule has 0 spiro atoms. The molecule has 2 nitrogen and oxygen atoms in total. The van der Waals surface area contributed by atoms with Gasteiger partial charge in [0, 0.05) is 11.3 Å². The normalized spacial score (nSPS) is 10.5. The number of nitrogens with one attached hydrogen (secondary N) is 1. The van der Waals surface area contributed by atoms with Gasteiger partial charge in [-0.3, -0.25) is 0 Å². The van der Waals surface area contributed by atoms with E-state index in [2.05, 4.69) is 35.9 Å². The molecular weight excluding hydrogens is 172 g/mol. The second kappa shape index (κ2) is 3.29. The van der Waals surface area contributed by atoms with E-state index >= 15 is 0 Å². The lowest BCUT2D eigenvalue weighted by molar-refractivity contribution is 1.13. The fourth-order valence-corrected chi connectivity index (χ4v) is 1.71. The van der Waals surface area contributed by atoms with Gasteiger partial charge in [-0.15, -0.1) is 0 Å². The van der Waals surface area contributed by atoms with E-state index in [0.717, 1.165) is 17.2 Å². The van der Waals surface area contributed by atoms with Crippen LogP contribution in [-0.2, 0) is 0 Å². The minimum Gasteiger partial charge on any atom is -0.346 e. The molecule has 0 aliphatic heterocycles. The van der Waals surface area contributed by atoms with E-state index in [1.165, 1.54) is 11.1 Å². The van der Waals surface area contributed by atoms with Crippen LogP contribution in [0.1, 0.15) is 17.1 Å². The lowest BCUT2D eigenvalue weighted by atomic mass is 10.1. The predicted molar refractivity (Wildman–Crippen MR) is 58.2 cm³/mol. The summed E-state index contributed by atoms with van der Waals surface area (Å²) in [6.07, 6.45) is 0. The van der Waals surface area contributed by atoms with Crippen molar-refractivity contribution >= 4 is 0 Å². The van der Waals surface area contributed by atoms with Gasteiger partial charge in [0.05, 0.1) is 5.69 Å². The van der Waals surface area contributed by atoms with Crippen LogP contribution in [0.2, 0.25) is 0 Å². The van der Waals surface area contributed by atoms with Gasteiger partial charge in [0.25, 0.3) is 0 Å². The highest BCUT2D eigenvalue weighted by Crippen LogP contribution is 2.23. The van der Waals surface area contributed by atoms with E-state index < -0.39 is 0 Å². The molecule has 0 saturated carbocycles. The van der Waals surface area contributed by atoms with Crippen LogP contribution in [0.4, 0.5) is 0 Å². The second-order valence-electron chi connectivity index (χ2n) is 3.61. The monoisotopic (exact) mass is 186 g/mol. The van der Waals surface area contributed by atoms with Gasteiger partial charge in [-0.2, -0.15) is 0 Å². The van der Waals surface area contributed by atoms with E-state index in [1.54, 1.807) is 0 Å². The SMILES string of the molecule is Cc1nc(-c2ccccc2C)c(C)[nH]1. The Morgan fingerprint density at radius 1 is 1.07 bits per heavy atom. The summed E-state index contributed by atoms with van der Waals surface area (Å²) in [7, 11) is 0. The van der Waals surface area contributed by atoms with Gasteiger partial charge in [-0.05, 0) is 26.3 Å². The Bertz CT molecular complexity index is 455. The van der Waals surface area contributed by atoms with E-state index in [0.29, 0.717) is 0 Å². The molecule has 14 heavy (non-hydrogen) atoms. The Hall–Kier alpha value is -1.57. The van der Waals surface area contributed by atoms with Gasteiger partial charge in [-0.25, -0.2) is 4.98 Å². The average molecular weight is 186 g/mol. The quantitative estimate of drug-likeness (QED) is 0.728. The van der Waals surface area contributed by atoms with Crippen molar-refractivity contribution < 1.29 is 0 Å². The molecule has 2 heteroatoms. The minimum atomic E-state index is 0.973. The van der Waals surface area contributed by atoms with Gasteiger partial charge in [0.2, 0.25) is 0 Å². The molecule has 0 aliphatic rings. The van der Waals surface area contributed by atoms with Crippen LogP contribution in [-0.4, -0.2) is 9.97 Å². The van der Waals surface area contributed by atoms with Crippen LogP contribution < -0.4 is 0 Å². The number of aromatic amines is 1. The van der Waals surface area contributed by atoms with Crippen molar-refractivity contribution in [2.45, 2.75) is 20.8 Å². The van der Waals surface area contributed by atoms with Gasteiger partial charge in [-0.1, -0.05) is 24.3 Å². The van der Waals surface area contributed by atoms with E-state index in [1.807, 2.05) is 19.1 Å². The second-order valence-corrected chi connectivity index (χ2v) is 3.61. The van der Waals surface area contributed by atoms with Crippen molar-refractivity contribution in [1.29, 1.82) is 0 Å². The molecule has 0 amide bonds. The summed E-state index contributed by atoms with van der Waals surface area (Å²) in [5.41, 5.74) is 4.69. The van der Waals surface area contributed by atoms with E-state index in [9.17, 15) is 0 Å². The molecule has 0 aliphatic carbocycles. The van der Waals surface area contributed by atoms with E-state index in [4.69, 9.17) is 0 Å². The number of benzene rings is 1. The third-order valence-corrected chi connectivity index (χ3v) is 2.40. The van der Waals surface area contributed by atoms with Gasteiger partial charge < -0.3 is 4.98 Å². The Morgan fingerprint density at radius 2 is 1.79 bits per heavy atom. The Morgan fingerprint density at radius 3 is 2.36 bits per heavy atom. The lowest BCUT2D eigenvalue weighted by Crippen LogP contribution is -1.84. The number of hydrogen-bond acceptors (Lipinski definition) is 1. The van der Waals surface area contributed by atoms with Gasteiger partial charge in [0.1, 0.15) is 5.82 Å². The molecule has 1 aromatic heterocycles. The minimum absolute atomic E-state index is 0.973. The van der Waals surface area contributed by atoms with Crippen molar-refractivity contribution in [3.8, 4) is 11.3 Å². The molecule has 2 aromatic rings. The van der Waals surface area contributed by atoms with Crippen molar-refractivity contribution in [2.24, 2.45) is 0 Å². The molecule has 1 heterocycles. The Labute approximate surface area is 84.0 Å². The van der Waals surface area contributed by atoms with Crippen molar-refractivity contribution in [1.82, 2.24) is 9.97 Å². The zero-order valence-corrected chi connectivity index (χ0v) is 8.76. The lowest BCUT2D eigenvalue weighted by Gasteiger charge is -2.02. The molecule has 2 rings (SSSR count). The highest BCUT2D eigenvalue weighted by Gasteiger charge is 2.07. The smallest absolute Gasteiger partial charge is 0.103 e. The standard InChI is InChI=1S/C12H14N2/c1-8-6-4-5-7-11(8)12-9(2)13-10(3)14-12/h4-7H,1-3H3,(H,13,14). The zero-order chi connectivity index (χ0) is 10.1. The maximum Gasteiger partial charge on any atom is 0.103 e. The van der Waals surface area contributed by atoms with Crippen molar-refractivity contribution in [3.63, 3.8) is 0 Å². The zero-order valence-electron chi connectivity index (χ0n) is 8.76. The summed E-state index contributed by atoms with van der Waals surface area (Å²) in [5, 5.41) is 0. The molecule has 1 N–H and O–H groups in total. The van der Waals surface area contributed by atoms with Crippen LogP contribution in [0.25, 0.3) is 11.3 Å². The molecule has 0 atom stereocenters. The number of imidazole rings is 1. The molecule has 0 fully saturated rings. The number of H-pyrrole nitrogens is 1. The van der Waals surface area contributed by atoms with Crippen LogP contribution in [0, 0.1) is 20.8 Å². The van der Waals surface area contributed by atoms with Crippen LogP contribution in [0.3, 0.4) is 0 Å². The van der Waals surface area contributed by atoms with Gasteiger partial charge in [0.15, 0.2) is 0 Å². The molecule has 0 unspecified atom stereocenters. The summed E-state index contributed by atoms with van der Waals surface area (Å²) < 4.78 is 0. The van der Waals surface area contributed by atoms with Crippen molar-refractivity contribution in [2.75, 3.05) is 0 Å². The highest BCUT2D eigenvalue weighted by molar-refractivity contribution is 5.65. The summed E-state index contributed by atoms with van der Waals surface area (Å²) in [6.45, 7) is 6.15. The topological polar surface area (TPSA) is 28.7 Å². The first-order valence-electron chi connectivity index (χ1n) is 4.77. The third-order valence-electron chi connectivity index (χ3n) is 2.40. The molecular formula is C12H14N2. The number of nitrogens with zero attached hydrogens (tertiary/aromatic N) is 1. The van der Waals surface area contributed by atoms with Crippen LogP contribution >= 0.6 is 0 Å². The summed E-state index contributed by atoms with van der Waals surface area (Å²) in [5.74, 6) is 0.973. The first kappa shape index (κ1) is 9.00. The Kier molecular flexibility index (Phi) is 2.12. The molecule has 72 valence electrons. The number of rotatable bonds is 1. The van der Waals surface area contributed by atoms with Crippen LogP contribution in [0.15, 0.2) is 24.3 Å². The molecule has 0 saturated heterocycles. The highest BCUT2D eigenvalue weighted by atomic mass is 14.9. The number of hydrogen-bond donors (Lipinski definition) is 1. The fourth-order valence-electron chi connectivity index (χ4n) is 1.71. The molecule has 0 radical (unpaired) electrons. The molecule has 1 aromatic carbocycles. The number of aromatic nitrogens is 2. The summed E-state index contributed by atoms with van der Waals surface area (Å²) >= 11 is 0. The average Bonchev–Trinajstić information content (AvgIpc) is 2.46. The van der Waals surface area contributed by atoms with Crippen molar-refractivity contribution in [3.05, 3.63) is 41.3 Å². The Balaban J connectivity index is 2.60. The summed E-state index contributed by atoms with van der Waals surface area (Å²) in [4.78, 5) is 7.71. The first-order valence-corrected chi connectivity index (χ1v) is 4.77. The fraction of sp³-hybridized carbons (Fsp3) is 0.250.